The largest absolute Gasteiger partial charge is 0.493 e. The molecule has 0 bridgehead atoms. The maximum atomic E-state index is 12.4. The Balaban J connectivity index is 1.73. The van der Waals surface area contributed by atoms with E-state index >= 15 is 0 Å². The van der Waals surface area contributed by atoms with Gasteiger partial charge < -0.3 is 19.7 Å². The molecule has 0 amide bonds. The molecule has 0 unspecified atom stereocenters. The topological polar surface area (TPSA) is 137 Å². The second-order valence-electron chi connectivity index (χ2n) is 8.91. The van der Waals surface area contributed by atoms with Crippen molar-refractivity contribution in [2.45, 2.75) is 32.6 Å². The molecule has 0 aliphatic rings. The summed E-state index contributed by atoms with van der Waals surface area (Å²) in [5.74, 6) is 0.117. The minimum absolute atomic E-state index is 0.0771. The summed E-state index contributed by atoms with van der Waals surface area (Å²) in [6, 6.07) is 12.0. The molecule has 2 aromatic heterocycles. The van der Waals surface area contributed by atoms with E-state index in [2.05, 4.69) is 42.4 Å². The predicted molar refractivity (Wildman–Crippen MR) is 137 cm³/mol. The molecule has 188 valence electrons. The third-order valence-corrected chi connectivity index (χ3v) is 5.82. The molecule has 3 N–H and O–H groups in total. The molecule has 10 heteroatoms. The number of aromatic nitrogens is 5. The molecular formula is C26H30N6O4. The predicted octanol–water partition coefficient (Wildman–Crippen LogP) is 3.29. The van der Waals surface area contributed by atoms with Crippen LogP contribution in [0.3, 0.4) is 0 Å². The van der Waals surface area contributed by atoms with Crippen LogP contribution >= 0.6 is 0 Å². The number of nitrogens with one attached hydrogen (secondary N) is 2. The van der Waals surface area contributed by atoms with E-state index in [-0.39, 0.29) is 17.5 Å². The molecule has 0 fully saturated rings. The number of carbonyl (C=O) groups is 1. The third-order valence-electron chi connectivity index (χ3n) is 5.82. The van der Waals surface area contributed by atoms with Gasteiger partial charge in [-0.1, -0.05) is 29.5 Å². The van der Waals surface area contributed by atoms with Gasteiger partial charge in [-0.3, -0.25) is 9.59 Å². The first-order valence-electron chi connectivity index (χ1n) is 11.9. The van der Waals surface area contributed by atoms with E-state index in [1.807, 2.05) is 45.3 Å². The van der Waals surface area contributed by atoms with Crippen LogP contribution in [0.5, 0.6) is 5.75 Å². The van der Waals surface area contributed by atoms with Crippen LogP contribution in [0.4, 0.5) is 0 Å². The minimum Gasteiger partial charge on any atom is -0.493 e. The average Bonchev–Trinajstić information content (AvgIpc) is 3.32. The molecule has 0 radical (unpaired) electrons. The summed E-state index contributed by atoms with van der Waals surface area (Å²) >= 11 is 0. The Labute approximate surface area is 208 Å². The summed E-state index contributed by atoms with van der Waals surface area (Å²) in [4.78, 5) is 32.9. The van der Waals surface area contributed by atoms with E-state index in [0.29, 0.717) is 35.8 Å². The van der Waals surface area contributed by atoms with Gasteiger partial charge in [0.1, 0.15) is 11.6 Å². The number of benzene rings is 2. The van der Waals surface area contributed by atoms with Crippen molar-refractivity contribution in [3.8, 4) is 28.3 Å². The van der Waals surface area contributed by atoms with Crippen molar-refractivity contribution >= 4 is 17.1 Å². The summed E-state index contributed by atoms with van der Waals surface area (Å²) in [5, 5.41) is 19.2. The molecule has 0 atom stereocenters. The number of hydrogen-bond donors (Lipinski definition) is 3. The number of aryl methyl sites for hydroxylation is 2. The fourth-order valence-electron chi connectivity index (χ4n) is 4.13. The Morgan fingerprint density at radius 3 is 2.58 bits per heavy atom. The SMILES string of the molecule is CCOc1cc(-c2cc(CCCN(C)C)cc(CCC(=O)O)c2)ccc1-c1nc2[nH]nnc2c(=O)[nH]1. The number of fused-ring (bicyclic) bond motifs is 1. The average molecular weight is 491 g/mol. The maximum Gasteiger partial charge on any atom is 0.303 e. The number of nitrogens with zero attached hydrogens (tertiary/aromatic N) is 4. The lowest BCUT2D eigenvalue weighted by Crippen LogP contribution is -2.13. The normalized spacial score (nSPS) is 11.3. The Morgan fingerprint density at radius 1 is 1.08 bits per heavy atom. The van der Waals surface area contributed by atoms with Crippen molar-refractivity contribution in [2.75, 3.05) is 27.2 Å². The molecule has 2 aromatic carbocycles. The Morgan fingerprint density at radius 2 is 1.86 bits per heavy atom. The first kappa shape index (κ1) is 25.1. The Kier molecular flexibility index (Phi) is 7.74. The summed E-state index contributed by atoms with van der Waals surface area (Å²) < 4.78 is 5.93. The molecule has 10 nitrogen and oxygen atoms in total. The fourth-order valence-corrected chi connectivity index (χ4v) is 4.13. The van der Waals surface area contributed by atoms with Gasteiger partial charge in [-0.2, -0.15) is 0 Å². The van der Waals surface area contributed by atoms with Crippen molar-refractivity contribution in [1.29, 1.82) is 0 Å². The van der Waals surface area contributed by atoms with Gasteiger partial charge in [-0.05, 0) is 81.2 Å². The van der Waals surface area contributed by atoms with Crippen LogP contribution in [0.2, 0.25) is 0 Å². The molecule has 36 heavy (non-hydrogen) atoms. The smallest absolute Gasteiger partial charge is 0.303 e. The van der Waals surface area contributed by atoms with Crippen molar-refractivity contribution in [3.63, 3.8) is 0 Å². The summed E-state index contributed by atoms with van der Waals surface area (Å²) in [5.41, 5.74) is 4.77. The molecular weight excluding hydrogens is 460 g/mol. The third kappa shape index (κ3) is 5.95. The number of aromatic amines is 2. The highest BCUT2D eigenvalue weighted by Gasteiger charge is 2.15. The number of carboxylic acids is 1. The van der Waals surface area contributed by atoms with E-state index in [1.54, 1.807) is 0 Å². The van der Waals surface area contributed by atoms with E-state index in [0.717, 1.165) is 36.1 Å². The molecule has 0 aliphatic carbocycles. The number of rotatable bonds is 11. The van der Waals surface area contributed by atoms with Crippen LogP contribution in [-0.2, 0) is 17.6 Å². The van der Waals surface area contributed by atoms with Gasteiger partial charge in [0.05, 0.1) is 12.2 Å². The van der Waals surface area contributed by atoms with Gasteiger partial charge in [0.15, 0.2) is 11.2 Å². The van der Waals surface area contributed by atoms with Crippen molar-refractivity contribution in [3.05, 3.63) is 57.9 Å². The van der Waals surface area contributed by atoms with Gasteiger partial charge in [-0.15, -0.1) is 5.10 Å². The lowest BCUT2D eigenvalue weighted by atomic mass is 9.95. The molecule has 2 heterocycles. The van der Waals surface area contributed by atoms with Crippen molar-refractivity contribution < 1.29 is 14.6 Å². The molecule has 0 saturated heterocycles. The highest BCUT2D eigenvalue weighted by molar-refractivity contribution is 5.77. The quantitative estimate of drug-likeness (QED) is 0.291. The summed E-state index contributed by atoms with van der Waals surface area (Å²) in [7, 11) is 4.10. The standard InChI is InChI=1S/C26H30N6O4/c1-4-36-21-15-18(8-9-20(21)24-27-25-23(26(35)28-24)29-31-30-25)19-13-16(6-5-11-32(2)3)12-17(14-19)7-10-22(33)34/h8-9,12-15H,4-7,10-11H2,1-3H3,(H,33,34)(H2,27,28,29,30,31,35). The van der Waals surface area contributed by atoms with E-state index in [9.17, 15) is 14.7 Å². The number of ether oxygens (including phenoxy) is 1. The van der Waals surface area contributed by atoms with E-state index in [4.69, 9.17) is 4.74 Å². The molecule has 4 aromatic rings. The van der Waals surface area contributed by atoms with Crippen LogP contribution in [-0.4, -0.2) is 68.6 Å². The second kappa shape index (κ2) is 11.1. The number of aliphatic carboxylic acids is 1. The highest BCUT2D eigenvalue weighted by Crippen LogP contribution is 2.34. The number of carboxylic acid groups (broad SMARTS) is 1. The van der Waals surface area contributed by atoms with Crippen LogP contribution in [0, 0.1) is 0 Å². The highest BCUT2D eigenvalue weighted by atomic mass is 16.5. The molecule has 0 aliphatic heterocycles. The first-order chi connectivity index (χ1) is 17.3. The summed E-state index contributed by atoms with van der Waals surface area (Å²) in [6.45, 7) is 3.30. The number of H-pyrrole nitrogens is 2. The zero-order valence-corrected chi connectivity index (χ0v) is 20.7. The Bertz CT molecular complexity index is 1430. The van der Waals surface area contributed by atoms with Gasteiger partial charge >= 0.3 is 5.97 Å². The van der Waals surface area contributed by atoms with Crippen LogP contribution < -0.4 is 10.3 Å². The van der Waals surface area contributed by atoms with Crippen LogP contribution in [0.25, 0.3) is 33.7 Å². The lowest BCUT2D eigenvalue weighted by Gasteiger charge is -2.15. The van der Waals surface area contributed by atoms with Crippen LogP contribution in [0.1, 0.15) is 30.9 Å². The molecule has 0 spiro atoms. The zero-order valence-electron chi connectivity index (χ0n) is 20.7. The van der Waals surface area contributed by atoms with Crippen LogP contribution in [0.15, 0.2) is 41.2 Å². The van der Waals surface area contributed by atoms with Gasteiger partial charge in [0.2, 0.25) is 0 Å². The van der Waals surface area contributed by atoms with Gasteiger partial charge in [-0.25, -0.2) is 10.1 Å². The minimum atomic E-state index is -0.816. The van der Waals surface area contributed by atoms with Gasteiger partial charge in [0.25, 0.3) is 5.56 Å². The van der Waals surface area contributed by atoms with Gasteiger partial charge in [0, 0.05) is 6.42 Å². The molecule has 0 saturated carbocycles. The van der Waals surface area contributed by atoms with Crippen molar-refractivity contribution in [1.82, 2.24) is 30.3 Å². The lowest BCUT2D eigenvalue weighted by molar-refractivity contribution is -0.136. The van der Waals surface area contributed by atoms with E-state index < -0.39 is 5.97 Å². The Hall–Kier alpha value is -4.05. The molecule has 4 rings (SSSR count). The van der Waals surface area contributed by atoms with E-state index in [1.165, 1.54) is 5.56 Å². The van der Waals surface area contributed by atoms with Crippen molar-refractivity contribution in [2.24, 2.45) is 0 Å². The maximum absolute atomic E-state index is 12.4. The second-order valence-corrected chi connectivity index (χ2v) is 8.91. The monoisotopic (exact) mass is 490 g/mol. The number of hydrogen-bond acceptors (Lipinski definition) is 7. The first-order valence-corrected chi connectivity index (χ1v) is 11.9. The zero-order chi connectivity index (χ0) is 25.7. The fraction of sp³-hybridized carbons (Fsp3) is 0.346. The summed E-state index contributed by atoms with van der Waals surface area (Å²) in [6.07, 6.45) is 2.44.